The highest BCUT2D eigenvalue weighted by Crippen LogP contribution is 2.20. The van der Waals surface area contributed by atoms with Crippen LogP contribution in [0, 0.1) is 11.8 Å². The Hall–Kier alpha value is -0.770. The van der Waals surface area contributed by atoms with E-state index in [-0.39, 0.29) is 13.5 Å². The van der Waals surface area contributed by atoms with Gasteiger partial charge in [0.05, 0.1) is 0 Å². The van der Waals surface area contributed by atoms with E-state index in [9.17, 15) is 4.79 Å². The molecule has 1 N–H and O–H groups in total. The molecule has 132 valence electrons. The molecule has 0 aromatic carbocycles. The van der Waals surface area contributed by atoms with Crippen LogP contribution in [0.15, 0.2) is 0 Å². The molecule has 22 heavy (non-hydrogen) atoms. The Morgan fingerprint density at radius 2 is 1.50 bits per heavy atom. The fourth-order valence-corrected chi connectivity index (χ4v) is 3.15. The highest BCUT2D eigenvalue weighted by molar-refractivity contribution is 5.74. The van der Waals surface area contributed by atoms with Crippen LogP contribution in [0.3, 0.4) is 0 Å². The third kappa shape index (κ3) is 6.99. The highest BCUT2D eigenvalue weighted by Gasteiger charge is 2.23. The number of carbonyl (C=O) groups excluding carboxylic acids is 1. The first-order chi connectivity index (χ1) is 10.2. The number of likely N-dealkylation sites (tertiary alicyclic amines) is 2. The lowest BCUT2D eigenvalue weighted by Crippen LogP contribution is -2.46. The van der Waals surface area contributed by atoms with Gasteiger partial charge in [0.25, 0.3) is 0 Å². The molecule has 0 aromatic heterocycles. The third-order valence-corrected chi connectivity index (χ3v) is 4.86. The van der Waals surface area contributed by atoms with Crippen molar-refractivity contribution in [2.24, 2.45) is 11.8 Å². The van der Waals surface area contributed by atoms with Crippen molar-refractivity contribution in [1.29, 1.82) is 0 Å². The fraction of sp³-hybridized carbons (Fsp3) is 0.944. The number of amides is 2. The van der Waals surface area contributed by atoms with Crippen LogP contribution >= 0.6 is 0 Å². The van der Waals surface area contributed by atoms with Gasteiger partial charge in [0.1, 0.15) is 0 Å². The summed E-state index contributed by atoms with van der Waals surface area (Å²) in [5.41, 5.74) is 0. The van der Waals surface area contributed by atoms with Gasteiger partial charge in [0, 0.05) is 19.6 Å². The number of hydrogen-bond acceptors (Lipinski definition) is 2. The van der Waals surface area contributed by atoms with Crippen molar-refractivity contribution in [2.45, 2.75) is 60.3 Å². The Balaban J connectivity index is 0.00000141. The van der Waals surface area contributed by atoms with Crippen LogP contribution in [-0.4, -0.2) is 55.6 Å². The van der Waals surface area contributed by atoms with Crippen molar-refractivity contribution >= 4 is 6.03 Å². The summed E-state index contributed by atoms with van der Waals surface area (Å²) in [6, 6.07) is 0.161. The Bertz CT molecular complexity index is 280. The minimum absolute atomic E-state index is 0. The topological polar surface area (TPSA) is 35.6 Å². The van der Waals surface area contributed by atoms with Crippen molar-refractivity contribution in [1.82, 2.24) is 15.1 Å². The molecule has 2 aliphatic rings. The van der Waals surface area contributed by atoms with E-state index in [2.05, 4.69) is 24.2 Å². The van der Waals surface area contributed by atoms with Gasteiger partial charge in [0.2, 0.25) is 0 Å². The summed E-state index contributed by atoms with van der Waals surface area (Å²) < 4.78 is 0. The van der Waals surface area contributed by atoms with Crippen molar-refractivity contribution in [3.05, 3.63) is 0 Å². The van der Waals surface area contributed by atoms with E-state index < -0.39 is 0 Å². The summed E-state index contributed by atoms with van der Waals surface area (Å²) in [5, 5.41) is 3.14. The van der Waals surface area contributed by atoms with Crippen molar-refractivity contribution in [2.75, 3.05) is 39.8 Å². The average molecular weight is 314 g/mol. The largest absolute Gasteiger partial charge is 0.338 e. The second kappa shape index (κ2) is 11.8. The predicted molar refractivity (Wildman–Crippen MR) is 96.3 cm³/mol. The molecular weight excluding hydrogens is 274 g/mol. The van der Waals surface area contributed by atoms with Crippen LogP contribution in [0.5, 0.6) is 0 Å². The first-order valence-corrected chi connectivity index (χ1v) is 8.90. The lowest BCUT2D eigenvalue weighted by Gasteiger charge is -2.33. The molecule has 2 amide bonds. The van der Waals surface area contributed by atoms with E-state index in [0.29, 0.717) is 5.92 Å². The molecule has 2 heterocycles. The van der Waals surface area contributed by atoms with E-state index in [4.69, 9.17) is 0 Å². The number of urea groups is 1. The normalized spacial score (nSPS) is 20.6. The average Bonchev–Trinajstić information content (AvgIpc) is 2.56. The monoisotopic (exact) mass is 313 g/mol. The van der Waals surface area contributed by atoms with Crippen LogP contribution in [0.1, 0.15) is 60.3 Å². The molecule has 0 atom stereocenters. The zero-order valence-electron chi connectivity index (χ0n) is 14.5. The molecule has 0 bridgehead atoms. The molecule has 0 aliphatic carbocycles. The van der Waals surface area contributed by atoms with Gasteiger partial charge in [-0.15, -0.1) is 0 Å². The maximum absolute atomic E-state index is 12.1. The second-order valence-electron chi connectivity index (χ2n) is 6.27. The van der Waals surface area contributed by atoms with Gasteiger partial charge < -0.3 is 15.1 Å². The van der Waals surface area contributed by atoms with Crippen molar-refractivity contribution in [3.8, 4) is 0 Å². The molecule has 0 spiro atoms. The number of nitrogens with one attached hydrogen (secondary N) is 1. The lowest BCUT2D eigenvalue weighted by atomic mass is 9.94. The molecule has 2 fully saturated rings. The fourth-order valence-electron chi connectivity index (χ4n) is 3.15. The quantitative estimate of drug-likeness (QED) is 0.859. The van der Waals surface area contributed by atoms with Gasteiger partial charge in [-0.3, -0.25) is 0 Å². The number of carbonyl (C=O) groups is 1. The highest BCUT2D eigenvalue weighted by atomic mass is 16.2. The van der Waals surface area contributed by atoms with E-state index in [1.165, 1.54) is 45.2 Å². The third-order valence-electron chi connectivity index (χ3n) is 4.86. The van der Waals surface area contributed by atoms with Gasteiger partial charge in [-0.2, -0.15) is 0 Å². The van der Waals surface area contributed by atoms with Crippen LogP contribution in [-0.2, 0) is 0 Å². The molecule has 0 unspecified atom stereocenters. The van der Waals surface area contributed by atoms with E-state index in [1.807, 2.05) is 18.7 Å². The van der Waals surface area contributed by atoms with Crippen molar-refractivity contribution < 1.29 is 4.79 Å². The Labute approximate surface area is 138 Å². The minimum Gasteiger partial charge on any atom is -0.338 e. The summed E-state index contributed by atoms with van der Waals surface area (Å²) in [7, 11) is 2.17. The maximum Gasteiger partial charge on any atom is 0.317 e. The summed E-state index contributed by atoms with van der Waals surface area (Å²) in [6.45, 7) is 11.3. The molecule has 2 rings (SSSR count). The molecule has 0 saturated carbocycles. The zero-order chi connectivity index (χ0) is 15.7. The zero-order valence-corrected chi connectivity index (χ0v) is 14.5. The first kappa shape index (κ1) is 21.2. The number of hydrogen-bond donors (Lipinski definition) is 1. The summed E-state index contributed by atoms with van der Waals surface area (Å²) in [5.74, 6) is 1.51. The van der Waals surface area contributed by atoms with Gasteiger partial charge in [0.15, 0.2) is 0 Å². The Morgan fingerprint density at radius 3 is 2.00 bits per heavy atom. The molecule has 0 aromatic rings. The summed E-state index contributed by atoms with van der Waals surface area (Å²) in [6.07, 6.45) is 6.05. The predicted octanol–water partition coefficient (Wildman–Crippen LogP) is 3.82. The van der Waals surface area contributed by atoms with Crippen LogP contribution in [0.2, 0.25) is 0 Å². The summed E-state index contributed by atoms with van der Waals surface area (Å²) >= 11 is 0. The standard InChI is InChI=1S/C15H29N3O.C2H6.CH4/c1-3-13-6-10-18(11-7-13)15(19)16-12-14-4-8-17(2)9-5-14;1-2;/h13-14H,3-12H2,1-2H3,(H,16,19);1-2H3;1H4. The van der Waals surface area contributed by atoms with E-state index in [1.54, 1.807) is 0 Å². The second-order valence-corrected chi connectivity index (χ2v) is 6.27. The molecule has 2 aliphatic heterocycles. The van der Waals surface area contributed by atoms with Gasteiger partial charge >= 0.3 is 6.03 Å². The Kier molecular flexibility index (Phi) is 11.3. The van der Waals surface area contributed by atoms with Crippen LogP contribution in [0.4, 0.5) is 4.79 Å². The lowest BCUT2D eigenvalue weighted by molar-refractivity contribution is 0.163. The van der Waals surface area contributed by atoms with Crippen molar-refractivity contribution in [3.63, 3.8) is 0 Å². The number of rotatable bonds is 3. The smallest absolute Gasteiger partial charge is 0.317 e. The van der Waals surface area contributed by atoms with Crippen LogP contribution < -0.4 is 5.32 Å². The molecule has 4 heteroatoms. The first-order valence-electron chi connectivity index (χ1n) is 8.90. The minimum atomic E-state index is 0. The Morgan fingerprint density at radius 1 is 1.00 bits per heavy atom. The van der Waals surface area contributed by atoms with Gasteiger partial charge in [-0.05, 0) is 57.7 Å². The molecule has 0 radical (unpaired) electrons. The van der Waals surface area contributed by atoms with E-state index in [0.717, 1.165) is 25.6 Å². The molecule has 2 saturated heterocycles. The SMILES string of the molecule is C.CC.CCC1CCN(C(=O)NCC2CCN(C)CC2)CC1. The van der Waals surface area contributed by atoms with Crippen LogP contribution in [0.25, 0.3) is 0 Å². The molecular formula is C18H39N3O. The number of nitrogens with zero attached hydrogens (tertiary/aromatic N) is 2. The molecule has 4 nitrogen and oxygen atoms in total. The number of piperidine rings is 2. The van der Waals surface area contributed by atoms with Gasteiger partial charge in [-0.1, -0.05) is 34.6 Å². The summed E-state index contributed by atoms with van der Waals surface area (Å²) in [4.78, 5) is 16.5. The van der Waals surface area contributed by atoms with Gasteiger partial charge in [-0.25, -0.2) is 4.79 Å². The maximum atomic E-state index is 12.1. The van der Waals surface area contributed by atoms with E-state index >= 15 is 0 Å².